The smallest absolute Gasteiger partial charge is 0.260 e. The van der Waals surface area contributed by atoms with Gasteiger partial charge in [-0.25, -0.2) is 0 Å². The van der Waals surface area contributed by atoms with E-state index in [1.165, 1.54) is 0 Å². The van der Waals surface area contributed by atoms with E-state index in [2.05, 4.69) is 11.9 Å². The number of hydrogen-bond acceptors (Lipinski definition) is 4. The molecule has 0 radical (unpaired) electrons. The second kappa shape index (κ2) is 8.58. The number of allylic oxidation sites excluding steroid dienone is 1. The summed E-state index contributed by atoms with van der Waals surface area (Å²) in [5, 5.41) is 3.16. The molecule has 1 heterocycles. The van der Waals surface area contributed by atoms with E-state index in [1.807, 2.05) is 36.2 Å². The molecule has 0 spiro atoms. The molecule has 1 atom stereocenters. The van der Waals surface area contributed by atoms with Gasteiger partial charge in [0.15, 0.2) is 18.1 Å². The Hall–Kier alpha value is -2.01. The summed E-state index contributed by atoms with van der Waals surface area (Å²) in [5.74, 6) is 1.81. The first-order valence-corrected chi connectivity index (χ1v) is 8.01. The summed E-state index contributed by atoms with van der Waals surface area (Å²) in [6, 6.07) is 5.72. The fourth-order valence-electron chi connectivity index (χ4n) is 2.87. The summed E-state index contributed by atoms with van der Waals surface area (Å²) in [4.78, 5) is 14.1. The van der Waals surface area contributed by atoms with Crippen LogP contribution in [0.2, 0.25) is 0 Å². The van der Waals surface area contributed by atoms with E-state index in [9.17, 15) is 4.79 Å². The summed E-state index contributed by atoms with van der Waals surface area (Å²) < 4.78 is 11.0. The lowest BCUT2D eigenvalue weighted by Crippen LogP contribution is -2.34. The van der Waals surface area contributed by atoms with Crippen molar-refractivity contribution in [1.29, 1.82) is 0 Å². The Morgan fingerprint density at radius 1 is 1.48 bits per heavy atom. The van der Waals surface area contributed by atoms with Gasteiger partial charge in [0.2, 0.25) is 0 Å². The van der Waals surface area contributed by atoms with Gasteiger partial charge in [0, 0.05) is 13.1 Å². The fourth-order valence-corrected chi connectivity index (χ4v) is 2.87. The van der Waals surface area contributed by atoms with Crippen LogP contribution in [0.4, 0.5) is 0 Å². The Kier molecular flexibility index (Phi) is 6.47. The fraction of sp³-hybridized carbons (Fsp3) is 0.500. The molecule has 5 heteroatoms. The van der Waals surface area contributed by atoms with Crippen LogP contribution in [0, 0.1) is 5.92 Å². The van der Waals surface area contributed by atoms with Crippen molar-refractivity contribution in [2.24, 2.45) is 5.92 Å². The van der Waals surface area contributed by atoms with Crippen molar-refractivity contribution in [1.82, 2.24) is 10.2 Å². The Bertz CT molecular complexity index is 545. The minimum Gasteiger partial charge on any atom is -0.493 e. The van der Waals surface area contributed by atoms with E-state index >= 15 is 0 Å². The maximum absolute atomic E-state index is 12.3. The van der Waals surface area contributed by atoms with Crippen molar-refractivity contribution in [3.05, 3.63) is 36.4 Å². The van der Waals surface area contributed by atoms with Gasteiger partial charge in [-0.1, -0.05) is 12.1 Å². The lowest BCUT2D eigenvalue weighted by atomic mass is 10.1. The SMILES string of the molecule is C=CCc1ccc(OCC(=O)N2CCC(CNC)C2)c(OC)c1. The topological polar surface area (TPSA) is 50.8 Å². The third-order valence-electron chi connectivity index (χ3n) is 4.09. The summed E-state index contributed by atoms with van der Waals surface area (Å²) in [6.07, 6.45) is 3.66. The molecule has 1 saturated heterocycles. The first-order chi connectivity index (χ1) is 11.2. The molecule has 1 N–H and O–H groups in total. The third kappa shape index (κ3) is 4.73. The molecule has 23 heavy (non-hydrogen) atoms. The quantitative estimate of drug-likeness (QED) is 0.744. The lowest BCUT2D eigenvalue weighted by molar-refractivity contribution is -0.132. The van der Waals surface area contributed by atoms with Gasteiger partial charge in [0.25, 0.3) is 5.91 Å². The number of methoxy groups -OCH3 is 1. The van der Waals surface area contributed by atoms with Gasteiger partial charge in [-0.3, -0.25) is 4.79 Å². The van der Waals surface area contributed by atoms with Gasteiger partial charge in [0.05, 0.1) is 7.11 Å². The predicted octanol–water partition coefficient (Wildman–Crippen LogP) is 1.87. The van der Waals surface area contributed by atoms with Crippen molar-refractivity contribution < 1.29 is 14.3 Å². The average Bonchev–Trinajstić information content (AvgIpc) is 3.02. The molecule has 0 bridgehead atoms. The molecule has 0 saturated carbocycles. The van der Waals surface area contributed by atoms with Crippen LogP contribution < -0.4 is 14.8 Å². The number of carbonyl (C=O) groups excluding carboxylic acids is 1. The molecule has 1 aliphatic rings. The standard InChI is InChI=1S/C18H26N2O3/c1-4-5-14-6-7-16(17(10-14)22-3)23-13-18(21)20-9-8-15(12-20)11-19-2/h4,6-7,10,15,19H,1,5,8-9,11-13H2,2-3H3. The number of likely N-dealkylation sites (tertiary alicyclic amines) is 1. The number of benzene rings is 1. The molecular weight excluding hydrogens is 292 g/mol. The molecule has 1 aliphatic heterocycles. The van der Waals surface area contributed by atoms with Crippen LogP contribution in [0.25, 0.3) is 0 Å². The largest absolute Gasteiger partial charge is 0.493 e. The highest BCUT2D eigenvalue weighted by atomic mass is 16.5. The minimum atomic E-state index is 0.0285. The van der Waals surface area contributed by atoms with Gasteiger partial charge < -0.3 is 19.7 Å². The van der Waals surface area contributed by atoms with Crippen molar-refractivity contribution in [2.45, 2.75) is 12.8 Å². The first kappa shape index (κ1) is 17.3. The number of ether oxygens (including phenoxy) is 2. The van der Waals surface area contributed by atoms with Gasteiger partial charge in [-0.2, -0.15) is 0 Å². The van der Waals surface area contributed by atoms with Crippen molar-refractivity contribution >= 4 is 5.91 Å². The van der Waals surface area contributed by atoms with E-state index < -0.39 is 0 Å². The second-order valence-electron chi connectivity index (χ2n) is 5.82. The van der Waals surface area contributed by atoms with Crippen LogP contribution in [0.5, 0.6) is 11.5 Å². The van der Waals surface area contributed by atoms with Crippen molar-refractivity contribution in [3.63, 3.8) is 0 Å². The van der Waals surface area contributed by atoms with E-state index in [0.29, 0.717) is 17.4 Å². The molecule has 126 valence electrons. The van der Waals surface area contributed by atoms with Crippen molar-refractivity contribution in [3.8, 4) is 11.5 Å². The first-order valence-electron chi connectivity index (χ1n) is 8.01. The normalized spacial score (nSPS) is 17.1. The molecule has 1 aromatic carbocycles. The average molecular weight is 318 g/mol. The van der Waals surface area contributed by atoms with Crippen LogP contribution >= 0.6 is 0 Å². The Balaban J connectivity index is 1.90. The lowest BCUT2D eigenvalue weighted by Gasteiger charge is -2.18. The number of nitrogens with zero attached hydrogens (tertiary/aromatic N) is 1. The summed E-state index contributed by atoms with van der Waals surface area (Å²) in [7, 11) is 3.54. The van der Waals surface area contributed by atoms with Crippen LogP contribution in [-0.4, -0.2) is 51.2 Å². The summed E-state index contributed by atoms with van der Waals surface area (Å²) >= 11 is 0. The number of rotatable bonds is 8. The second-order valence-corrected chi connectivity index (χ2v) is 5.82. The number of hydrogen-bond donors (Lipinski definition) is 1. The molecule has 1 aromatic rings. The molecule has 5 nitrogen and oxygen atoms in total. The Labute approximate surface area is 138 Å². The van der Waals surface area contributed by atoms with Gasteiger partial charge in [-0.05, 0) is 50.0 Å². The van der Waals surface area contributed by atoms with Crippen LogP contribution in [-0.2, 0) is 11.2 Å². The van der Waals surface area contributed by atoms with Gasteiger partial charge in [-0.15, -0.1) is 6.58 Å². The van der Waals surface area contributed by atoms with Crippen LogP contribution in [0.1, 0.15) is 12.0 Å². The molecule has 1 fully saturated rings. The maximum Gasteiger partial charge on any atom is 0.260 e. The van der Waals surface area contributed by atoms with Gasteiger partial charge >= 0.3 is 0 Å². The minimum absolute atomic E-state index is 0.0285. The van der Waals surface area contributed by atoms with E-state index in [-0.39, 0.29) is 12.5 Å². The highest BCUT2D eigenvalue weighted by molar-refractivity contribution is 5.78. The van der Waals surface area contributed by atoms with Crippen molar-refractivity contribution in [2.75, 3.05) is 40.4 Å². The predicted molar refractivity (Wildman–Crippen MR) is 91.0 cm³/mol. The summed E-state index contributed by atoms with van der Waals surface area (Å²) in [6.45, 7) is 6.34. The van der Waals surface area contributed by atoms with Crippen LogP contribution in [0.15, 0.2) is 30.9 Å². The van der Waals surface area contributed by atoms with E-state index in [1.54, 1.807) is 7.11 Å². The third-order valence-corrected chi connectivity index (χ3v) is 4.09. The highest BCUT2D eigenvalue weighted by Gasteiger charge is 2.26. The Morgan fingerprint density at radius 3 is 3.00 bits per heavy atom. The molecule has 1 amide bonds. The Morgan fingerprint density at radius 2 is 2.30 bits per heavy atom. The number of carbonyl (C=O) groups is 1. The molecule has 2 rings (SSSR count). The zero-order valence-corrected chi connectivity index (χ0v) is 14.0. The maximum atomic E-state index is 12.3. The number of amides is 1. The van der Waals surface area contributed by atoms with Crippen LogP contribution in [0.3, 0.4) is 0 Å². The molecule has 0 aliphatic carbocycles. The monoisotopic (exact) mass is 318 g/mol. The number of nitrogens with one attached hydrogen (secondary N) is 1. The molecule has 0 aromatic heterocycles. The molecule has 1 unspecified atom stereocenters. The van der Waals surface area contributed by atoms with E-state index in [0.717, 1.165) is 38.0 Å². The van der Waals surface area contributed by atoms with Gasteiger partial charge in [0.1, 0.15) is 0 Å². The summed E-state index contributed by atoms with van der Waals surface area (Å²) in [5.41, 5.74) is 1.10. The highest BCUT2D eigenvalue weighted by Crippen LogP contribution is 2.28. The zero-order chi connectivity index (χ0) is 16.7. The molecular formula is C18H26N2O3. The van der Waals surface area contributed by atoms with E-state index in [4.69, 9.17) is 9.47 Å². The zero-order valence-electron chi connectivity index (χ0n) is 14.0.